The molecule has 0 saturated carbocycles. The van der Waals surface area contributed by atoms with E-state index in [1.807, 2.05) is 0 Å². The van der Waals surface area contributed by atoms with E-state index in [2.05, 4.69) is 5.32 Å². The van der Waals surface area contributed by atoms with Crippen molar-refractivity contribution in [3.63, 3.8) is 0 Å². The van der Waals surface area contributed by atoms with Gasteiger partial charge in [-0.15, -0.1) is 0 Å². The number of benzene rings is 2. The molecular weight excluding hydrogens is 323 g/mol. The number of nitrogens with one attached hydrogen (secondary N) is 1. The Kier molecular flexibility index (Phi) is 5.33. The van der Waals surface area contributed by atoms with Crippen molar-refractivity contribution in [2.75, 3.05) is 12.4 Å². The Labute approximate surface area is 137 Å². The predicted octanol–water partition coefficient (Wildman–Crippen LogP) is 4.12. The first kappa shape index (κ1) is 17.7. The molecule has 7 heteroatoms. The van der Waals surface area contributed by atoms with Crippen LogP contribution in [0.5, 0.6) is 11.5 Å². The van der Waals surface area contributed by atoms with E-state index in [9.17, 15) is 18.0 Å². The Hall–Kier alpha value is -2.70. The van der Waals surface area contributed by atoms with E-state index in [1.165, 1.54) is 26.2 Å². The number of carbonyl (C=O) groups excluding carboxylic acids is 1. The van der Waals surface area contributed by atoms with Gasteiger partial charge in [0.05, 0.1) is 12.7 Å². The van der Waals surface area contributed by atoms with E-state index in [1.54, 1.807) is 24.3 Å². The summed E-state index contributed by atoms with van der Waals surface area (Å²) in [5, 5.41) is 2.41. The maximum Gasteiger partial charge on any atom is 0.416 e. The maximum absolute atomic E-state index is 12.7. The van der Waals surface area contributed by atoms with Crippen LogP contribution in [0.4, 0.5) is 18.9 Å². The first-order valence-corrected chi connectivity index (χ1v) is 7.09. The monoisotopic (exact) mass is 339 g/mol. The molecule has 0 aliphatic heterocycles. The Morgan fingerprint density at radius 3 is 2.38 bits per heavy atom. The third kappa shape index (κ3) is 4.41. The van der Waals surface area contributed by atoms with E-state index in [-0.39, 0.29) is 5.69 Å². The van der Waals surface area contributed by atoms with Gasteiger partial charge in [0.25, 0.3) is 5.91 Å². The van der Waals surface area contributed by atoms with Gasteiger partial charge < -0.3 is 14.8 Å². The second-order valence-corrected chi connectivity index (χ2v) is 4.98. The van der Waals surface area contributed by atoms with Crippen LogP contribution in [0.1, 0.15) is 12.5 Å². The summed E-state index contributed by atoms with van der Waals surface area (Å²) in [6.07, 6.45) is -5.39. The van der Waals surface area contributed by atoms with Crippen LogP contribution in [0.2, 0.25) is 0 Å². The lowest BCUT2D eigenvalue weighted by Crippen LogP contribution is -2.30. The minimum Gasteiger partial charge on any atom is -0.493 e. The highest BCUT2D eigenvalue weighted by Crippen LogP contribution is 2.31. The lowest BCUT2D eigenvalue weighted by Gasteiger charge is -2.17. The fraction of sp³-hybridized carbons (Fsp3) is 0.235. The van der Waals surface area contributed by atoms with Gasteiger partial charge in [0, 0.05) is 5.69 Å². The SMILES string of the molecule is COc1ccccc1O[C@@H](C)C(=O)Nc1cccc(C(F)(F)F)c1. The number of ether oxygens (including phenoxy) is 2. The molecule has 0 saturated heterocycles. The van der Waals surface area contributed by atoms with Crippen molar-refractivity contribution >= 4 is 11.6 Å². The molecule has 0 aromatic heterocycles. The Morgan fingerprint density at radius 2 is 1.75 bits per heavy atom. The van der Waals surface area contributed by atoms with E-state index in [0.29, 0.717) is 11.5 Å². The molecule has 24 heavy (non-hydrogen) atoms. The molecule has 2 aromatic rings. The topological polar surface area (TPSA) is 47.6 Å². The molecule has 1 atom stereocenters. The van der Waals surface area contributed by atoms with Crippen molar-refractivity contribution in [3.05, 3.63) is 54.1 Å². The smallest absolute Gasteiger partial charge is 0.416 e. The zero-order valence-electron chi connectivity index (χ0n) is 13.1. The standard InChI is InChI=1S/C17H16F3NO3/c1-11(24-15-9-4-3-8-14(15)23-2)16(22)21-13-7-5-6-12(10-13)17(18,19)20/h3-11H,1-2H3,(H,21,22)/t11-/m0/s1. The summed E-state index contributed by atoms with van der Waals surface area (Å²) in [6.45, 7) is 1.50. The summed E-state index contributed by atoms with van der Waals surface area (Å²) < 4.78 is 48.7. The van der Waals surface area contributed by atoms with Gasteiger partial charge in [0.1, 0.15) is 0 Å². The Bertz CT molecular complexity index is 716. The molecule has 4 nitrogen and oxygen atoms in total. The third-order valence-electron chi connectivity index (χ3n) is 3.20. The lowest BCUT2D eigenvalue weighted by atomic mass is 10.2. The number of amides is 1. The van der Waals surface area contributed by atoms with E-state index < -0.39 is 23.8 Å². The van der Waals surface area contributed by atoms with Crippen LogP contribution >= 0.6 is 0 Å². The molecule has 1 N–H and O–H groups in total. The van der Waals surface area contributed by atoms with Crippen molar-refractivity contribution in [2.24, 2.45) is 0 Å². The van der Waals surface area contributed by atoms with Gasteiger partial charge in [0.2, 0.25) is 0 Å². The average molecular weight is 339 g/mol. The van der Waals surface area contributed by atoms with Crippen LogP contribution in [-0.2, 0) is 11.0 Å². The Morgan fingerprint density at radius 1 is 1.08 bits per heavy atom. The second-order valence-electron chi connectivity index (χ2n) is 4.98. The van der Waals surface area contributed by atoms with E-state index in [0.717, 1.165) is 12.1 Å². The fourth-order valence-electron chi connectivity index (χ4n) is 1.98. The number of methoxy groups -OCH3 is 1. The molecule has 0 spiro atoms. The van der Waals surface area contributed by atoms with Crippen LogP contribution in [0.25, 0.3) is 0 Å². The summed E-state index contributed by atoms with van der Waals surface area (Å²) in [4.78, 5) is 12.1. The second kappa shape index (κ2) is 7.25. The number of para-hydroxylation sites is 2. The molecule has 1 amide bonds. The van der Waals surface area contributed by atoms with Crippen LogP contribution < -0.4 is 14.8 Å². The van der Waals surface area contributed by atoms with Crippen molar-refractivity contribution < 1.29 is 27.4 Å². The van der Waals surface area contributed by atoms with Gasteiger partial charge in [0.15, 0.2) is 17.6 Å². The molecule has 0 fully saturated rings. The van der Waals surface area contributed by atoms with Gasteiger partial charge in [-0.2, -0.15) is 13.2 Å². The maximum atomic E-state index is 12.7. The molecule has 2 aromatic carbocycles. The summed E-state index contributed by atoms with van der Waals surface area (Å²) in [7, 11) is 1.47. The van der Waals surface area contributed by atoms with E-state index >= 15 is 0 Å². The highest BCUT2D eigenvalue weighted by molar-refractivity contribution is 5.94. The molecule has 2 rings (SSSR count). The number of anilines is 1. The summed E-state index contributed by atoms with van der Waals surface area (Å²) >= 11 is 0. The first-order chi connectivity index (χ1) is 11.3. The van der Waals surface area contributed by atoms with Gasteiger partial charge >= 0.3 is 6.18 Å². The molecule has 0 radical (unpaired) electrons. The minimum absolute atomic E-state index is 0.0466. The lowest BCUT2D eigenvalue weighted by molar-refractivity contribution is -0.137. The van der Waals surface area contributed by atoms with Gasteiger partial charge in [-0.3, -0.25) is 4.79 Å². The average Bonchev–Trinajstić information content (AvgIpc) is 2.54. The Balaban J connectivity index is 2.07. The minimum atomic E-state index is -4.47. The number of hydrogen-bond donors (Lipinski definition) is 1. The van der Waals surface area contributed by atoms with Gasteiger partial charge in [-0.25, -0.2) is 0 Å². The number of alkyl halides is 3. The summed E-state index contributed by atoms with van der Waals surface area (Å²) in [5.41, 5.74) is -0.788. The highest BCUT2D eigenvalue weighted by atomic mass is 19.4. The van der Waals surface area contributed by atoms with Crippen molar-refractivity contribution in [1.82, 2.24) is 0 Å². The molecule has 0 bridgehead atoms. The largest absolute Gasteiger partial charge is 0.493 e. The molecule has 0 aliphatic rings. The zero-order valence-corrected chi connectivity index (χ0v) is 13.1. The summed E-state index contributed by atoms with van der Waals surface area (Å²) in [6, 6.07) is 11.2. The summed E-state index contributed by atoms with van der Waals surface area (Å²) in [5.74, 6) is 0.253. The zero-order chi connectivity index (χ0) is 17.7. The number of halogens is 3. The molecule has 0 heterocycles. The van der Waals surface area contributed by atoms with Crippen LogP contribution in [0.15, 0.2) is 48.5 Å². The first-order valence-electron chi connectivity index (χ1n) is 7.09. The quantitative estimate of drug-likeness (QED) is 0.891. The fourth-order valence-corrected chi connectivity index (χ4v) is 1.98. The molecule has 128 valence electrons. The number of carbonyl (C=O) groups is 1. The van der Waals surface area contributed by atoms with Gasteiger partial charge in [-0.1, -0.05) is 18.2 Å². The normalized spacial score (nSPS) is 12.4. The predicted molar refractivity (Wildman–Crippen MR) is 83.2 cm³/mol. The van der Waals surface area contributed by atoms with Crippen molar-refractivity contribution in [3.8, 4) is 11.5 Å². The van der Waals surface area contributed by atoms with Crippen LogP contribution in [0.3, 0.4) is 0 Å². The van der Waals surface area contributed by atoms with Crippen molar-refractivity contribution in [2.45, 2.75) is 19.2 Å². The van der Waals surface area contributed by atoms with E-state index in [4.69, 9.17) is 9.47 Å². The van der Waals surface area contributed by atoms with Gasteiger partial charge in [-0.05, 0) is 37.3 Å². The van der Waals surface area contributed by atoms with Crippen LogP contribution in [0, 0.1) is 0 Å². The highest BCUT2D eigenvalue weighted by Gasteiger charge is 2.30. The molecule has 0 unspecified atom stereocenters. The van der Waals surface area contributed by atoms with Crippen molar-refractivity contribution in [1.29, 1.82) is 0 Å². The number of hydrogen-bond acceptors (Lipinski definition) is 3. The third-order valence-corrected chi connectivity index (χ3v) is 3.20. The number of rotatable bonds is 5. The molecular formula is C17H16F3NO3. The van der Waals surface area contributed by atoms with Crippen LogP contribution in [-0.4, -0.2) is 19.1 Å². The molecule has 0 aliphatic carbocycles.